The third-order valence-corrected chi connectivity index (χ3v) is 2.36. The molecule has 1 aromatic heterocycles. The van der Waals surface area contributed by atoms with Gasteiger partial charge in [-0.2, -0.15) is 11.3 Å². The van der Waals surface area contributed by atoms with Gasteiger partial charge >= 0.3 is 0 Å². The Hall–Kier alpha value is -0.380. The lowest BCUT2D eigenvalue weighted by atomic mass is 10.1. The average Bonchev–Trinajstić information content (AvgIpc) is 2.34. The molecule has 0 radical (unpaired) electrons. The second-order valence-corrected chi connectivity index (χ2v) is 3.01. The molecule has 1 unspecified atom stereocenters. The Bertz CT molecular complexity index is 209. The van der Waals surface area contributed by atoms with Crippen LogP contribution in [0, 0.1) is 6.92 Å². The molecule has 0 aliphatic carbocycles. The minimum atomic E-state index is -0.480. The summed E-state index contributed by atoms with van der Waals surface area (Å²) in [5, 5.41) is 13.2. The number of rotatable bonds is 2. The average molecular weight is 157 g/mol. The molecule has 0 aromatic carbocycles. The van der Waals surface area contributed by atoms with Crippen LogP contribution in [0.15, 0.2) is 10.8 Å². The van der Waals surface area contributed by atoms with E-state index in [1.165, 1.54) is 0 Å². The molecule has 0 saturated heterocycles. The fourth-order valence-electron chi connectivity index (χ4n) is 0.839. The van der Waals surface area contributed by atoms with Crippen LogP contribution in [0.4, 0.5) is 0 Å². The zero-order valence-electron chi connectivity index (χ0n) is 5.87. The van der Waals surface area contributed by atoms with Gasteiger partial charge in [-0.3, -0.25) is 0 Å². The molecule has 56 valence electrons. The first-order chi connectivity index (χ1) is 4.75. The Balaban J connectivity index is 2.82. The van der Waals surface area contributed by atoms with Crippen LogP contribution in [0.1, 0.15) is 17.2 Å². The SMILES string of the molecule is Cc1cscc1C(O)CN. The second-order valence-electron chi connectivity index (χ2n) is 2.26. The highest BCUT2D eigenvalue weighted by Gasteiger charge is 2.07. The number of aliphatic hydroxyl groups excluding tert-OH is 1. The van der Waals surface area contributed by atoms with Gasteiger partial charge in [-0.15, -0.1) is 0 Å². The molecule has 0 aliphatic rings. The molecule has 2 nitrogen and oxygen atoms in total. The molecule has 3 heteroatoms. The van der Waals surface area contributed by atoms with Crippen molar-refractivity contribution in [2.75, 3.05) is 6.54 Å². The van der Waals surface area contributed by atoms with Crippen LogP contribution >= 0.6 is 11.3 Å². The highest BCUT2D eigenvalue weighted by molar-refractivity contribution is 7.08. The number of aryl methyl sites for hydroxylation is 1. The van der Waals surface area contributed by atoms with Gasteiger partial charge in [0.05, 0.1) is 6.10 Å². The summed E-state index contributed by atoms with van der Waals surface area (Å²) in [4.78, 5) is 0. The van der Waals surface area contributed by atoms with Gasteiger partial charge < -0.3 is 10.8 Å². The highest BCUT2D eigenvalue weighted by Crippen LogP contribution is 2.20. The topological polar surface area (TPSA) is 46.2 Å². The molecular weight excluding hydrogens is 146 g/mol. The summed E-state index contributed by atoms with van der Waals surface area (Å²) in [6.07, 6.45) is -0.480. The Morgan fingerprint density at radius 3 is 2.80 bits per heavy atom. The van der Waals surface area contributed by atoms with Crippen LogP contribution in [-0.2, 0) is 0 Å². The monoisotopic (exact) mass is 157 g/mol. The first-order valence-electron chi connectivity index (χ1n) is 3.16. The molecule has 1 atom stereocenters. The van der Waals surface area contributed by atoms with Gasteiger partial charge in [0.2, 0.25) is 0 Å². The van der Waals surface area contributed by atoms with E-state index in [9.17, 15) is 5.11 Å². The van der Waals surface area contributed by atoms with Crippen LogP contribution in [0.25, 0.3) is 0 Å². The summed E-state index contributed by atoms with van der Waals surface area (Å²) in [5.41, 5.74) is 7.38. The lowest BCUT2D eigenvalue weighted by molar-refractivity contribution is 0.186. The zero-order chi connectivity index (χ0) is 7.56. The summed E-state index contributed by atoms with van der Waals surface area (Å²) in [5.74, 6) is 0. The predicted octanol–water partition coefficient (Wildman–Crippen LogP) is 1.05. The Morgan fingerprint density at radius 1 is 1.70 bits per heavy atom. The van der Waals surface area contributed by atoms with Gasteiger partial charge in [-0.05, 0) is 28.8 Å². The molecule has 10 heavy (non-hydrogen) atoms. The van der Waals surface area contributed by atoms with E-state index in [0.29, 0.717) is 6.54 Å². The van der Waals surface area contributed by atoms with E-state index >= 15 is 0 Å². The molecule has 0 aliphatic heterocycles. The fourth-order valence-corrected chi connectivity index (χ4v) is 1.74. The fraction of sp³-hybridized carbons (Fsp3) is 0.429. The van der Waals surface area contributed by atoms with E-state index in [0.717, 1.165) is 11.1 Å². The van der Waals surface area contributed by atoms with E-state index in [4.69, 9.17) is 5.73 Å². The van der Waals surface area contributed by atoms with Crippen molar-refractivity contribution in [3.05, 3.63) is 21.9 Å². The molecule has 1 rings (SSSR count). The third kappa shape index (κ3) is 1.37. The van der Waals surface area contributed by atoms with Crippen molar-refractivity contribution >= 4 is 11.3 Å². The highest BCUT2D eigenvalue weighted by atomic mass is 32.1. The van der Waals surface area contributed by atoms with Gasteiger partial charge in [0.15, 0.2) is 0 Å². The van der Waals surface area contributed by atoms with Crippen LogP contribution in [0.3, 0.4) is 0 Å². The lowest BCUT2D eigenvalue weighted by Gasteiger charge is -2.05. The molecule has 1 heterocycles. The van der Waals surface area contributed by atoms with E-state index in [1.54, 1.807) is 11.3 Å². The molecule has 0 fully saturated rings. The van der Waals surface area contributed by atoms with E-state index in [1.807, 2.05) is 17.7 Å². The summed E-state index contributed by atoms with van der Waals surface area (Å²) in [7, 11) is 0. The molecule has 3 N–H and O–H groups in total. The number of thiophene rings is 1. The van der Waals surface area contributed by atoms with Crippen molar-refractivity contribution in [3.8, 4) is 0 Å². The molecule has 0 bridgehead atoms. The van der Waals surface area contributed by atoms with Crippen molar-refractivity contribution < 1.29 is 5.11 Å². The van der Waals surface area contributed by atoms with Crippen molar-refractivity contribution in [1.29, 1.82) is 0 Å². The number of aliphatic hydroxyl groups is 1. The maximum Gasteiger partial charge on any atom is 0.0922 e. The van der Waals surface area contributed by atoms with Crippen LogP contribution < -0.4 is 5.73 Å². The standard InChI is InChI=1S/C7H11NOS/c1-5-3-10-4-6(5)7(9)2-8/h3-4,7,9H,2,8H2,1H3. The maximum atomic E-state index is 9.28. The number of nitrogens with two attached hydrogens (primary N) is 1. The zero-order valence-corrected chi connectivity index (χ0v) is 6.69. The lowest BCUT2D eigenvalue weighted by Crippen LogP contribution is -2.11. The van der Waals surface area contributed by atoms with E-state index in [-0.39, 0.29) is 0 Å². The van der Waals surface area contributed by atoms with Gasteiger partial charge in [-0.1, -0.05) is 0 Å². The molecule has 0 saturated carbocycles. The van der Waals surface area contributed by atoms with E-state index < -0.39 is 6.10 Å². The summed E-state index contributed by atoms with van der Waals surface area (Å²) >= 11 is 1.59. The Kier molecular flexibility index (Phi) is 2.43. The largest absolute Gasteiger partial charge is 0.387 e. The van der Waals surface area contributed by atoms with Gasteiger partial charge in [0, 0.05) is 6.54 Å². The maximum absolute atomic E-state index is 9.28. The Morgan fingerprint density at radius 2 is 2.40 bits per heavy atom. The Labute approximate surface area is 64.3 Å². The quantitative estimate of drug-likeness (QED) is 0.674. The molecular formula is C7H11NOS. The minimum Gasteiger partial charge on any atom is -0.387 e. The first kappa shape index (κ1) is 7.72. The van der Waals surface area contributed by atoms with Crippen molar-refractivity contribution in [2.45, 2.75) is 13.0 Å². The van der Waals surface area contributed by atoms with Gasteiger partial charge in [-0.25, -0.2) is 0 Å². The molecule has 1 aromatic rings. The smallest absolute Gasteiger partial charge is 0.0922 e. The summed E-state index contributed by atoms with van der Waals surface area (Å²) < 4.78 is 0. The van der Waals surface area contributed by atoms with Gasteiger partial charge in [0.25, 0.3) is 0 Å². The summed E-state index contributed by atoms with van der Waals surface area (Å²) in [6, 6.07) is 0. The second kappa shape index (κ2) is 3.14. The van der Waals surface area contributed by atoms with Crippen molar-refractivity contribution in [3.63, 3.8) is 0 Å². The molecule has 0 spiro atoms. The predicted molar refractivity (Wildman–Crippen MR) is 43.1 cm³/mol. The molecule has 0 amide bonds. The van der Waals surface area contributed by atoms with E-state index in [2.05, 4.69) is 0 Å². The van der Waals surface area contributed by atoms with Crippen LogP contribution in [0.5, 0.6) is 0 Å². The van der Waals surface area contributed by atoms with Crippen LogP contribution in [-0.4, -0.2) is 11.7 Å². The number of hydrogen-bond donors (Lipinski definition) is 2. The van der Waals surface area contributed by atoms with Gasteiger partial charge in [0.1, 0.15) is 0 Å². The van der Waals surface area contributed by atoms with Crippen molar-refractivity contribution in [2.24, 2.45) is 5.73 Å². The normalized spacial score (nSPS) is 13.5. The van der Waals surface area contributed by atoms with Crippen molar-refractivity contribution in [1.82, 2.24) is 0 Å². The van der Waals surface area contributed by atoms with Crippen LogP contribution in [0.2, 0.25) is 0 Å². The first-order valence-corrected chi connectivity index (χ1v) is 4.10. The summed E-state index contributed by atoms with van der Waals surface area (Å²) in [6.45, 7) is 2.28. The third-order valence-electron chi connectivity index (χ3n) is 1.48. The minimum absolute atomic E-state index is 0.303. The number of hydrogen-bond acceptors (Lipinski definition) is 3.